The topological polar surface area (TPSA) is 84.7 Å². The molecule has 2 aromatic heterocycles. The number of aryl methyl sites for hydroxylation is 2. The van der Waals surface area contributed by atoms with Crippen LogP contribution in [0.5, 0.6) is 0 Å². The average molecular weight is 418 g/mol. The highest BCUT2D eigenvalue weighted by Gasteiger charge is 2.12. The zero-order chi connectivity index (χ0) is 22.0. The highest BCUT2D eigenvalue weighted by Crippen LogP contribution is 2.22. The zero-order valence-corrected chi connectivity index (χ0v) is 17.6. The van der Waals surface area contributed by atoms with E-state index in [1.807, 2.05) is 38.2 Å². The van der Waals surface area contributed by atoms with Gasteiger partial charge in [0, 0.05) is 17.8 Å². The number of benzene rings is 2. The highest BCUT2D eigenvalue weighted by molar-refractivity contribution is 6.04. The van der Waals surface area contributed by atoms with Gasteiger partial charge < -0.3 is 10.6 Å². The number of hydrogen-bond donors (Lipinski definition) is 2. The first-order chi connectivity index (χ1) is 14.9. The molecule has 0 bridgehead atoms. The number of carbonyl (C=O) groups is 1. The predicted molar refractivity (Wildman–Crippen MR) is 119 cm³/mol. The molecule has 4 rings (SSSR count). The van der Waals surface area contributed by atoms with Gasteiger partial charge in [-0.2, -0.15) is 5.10 Å². The summed E-state index contributed by atoms with van der Waals surface area (Å²) < 4.78 is 15.6. The van der Waals surface area contributed by atoms with Crippen LogP contribution in [0.25, 0.3) is 11.2 Å². The lowest BCUT2D eigenvalue weighted by molar-refractivity contribution is 0.102. The molecule has 2 N–H and O–H groups in total. The summed E-state index contributed by atoms with van der Waals surface area (Å²) in [6.45, 7) is 6.42. The first kappa shape index (κ1) is 20.5. The molecule has 0 aliphatic rings. The summed E-state index contributed by atoms with van der Waals surface area (Å²) in [6.07, 6.45) is 3.54. The third-order valence-corrected chi connectivity index (χ3v) is 5.04. The van der Waals surface area contributed by atoms with E-state index in [2.05, 4.69) is 25.7 Å². The average Bonchev–Trinajstić information content (AvgIpc) is 3.18. The minimum absolute atomic E-state index is 0.0892. The summed E-state index contributed by atoms with van der Waals surface area (Å²) in [5.74, 6) is -0.147. The Bertz CT molecular complexity index is 1250. The number of halogens is 1. The van der Waals surface area contributed by atoms with Crippen molar-refractivity contribution in [3.63, 3.8) is 0 Å². The van der Waals surface area contributed by atoms with Gasteiger partial charge in [0.1, 0.15) is 17.2 Å². The maximum absolute atomic E-state index is 13.8. The number of amides is 1. The molecular formula is C23H23FN6O. The van der Waals surface area contributed by atoms with E-state index in [0.29, 0.717) is 22.7 Å². The Kier molecular flexibility index (Phi) is 5.62. The fourth-order valence-electron chi connectivity index (χ4n) is 3.20. The van der Waals surface area contributed by atoms with Crippen LogP contribution >= 0.6 is 0 Å². The summed E-state index contributed by atoms with van der Waals surface area (Å²) in [7, 11) is 0. The van der Waals surface area contributed by atoms with Gasteiger partial charge in [0.2, 0.25) is 5.65 Å². The minimum Gasteiger partial charge on any atom is -0.362 e. The van der Waals surface area contributed by atoms with Crippen LogP contribution in [0.1, 0.15) is 41.4 Å². The molecule has 0 aliphatic heterocycles. The molecule has 0 spiro atoms. The number of nitrogens with one attached hydrogen (secondary N) is 2. The van der Waals surface area contributed by atoms with E-state index < -0.39 is 5.82 Å². The normalized spacial score (nSPS) is 12.0. The van der Waals surface area contributed by atoms with Crippen LogP contribution in [-0.4, -0.2) is 25.7 Å². The molecular weight excluding hydrogens is 395 g/mol. The van der Waals surface area contributed by atoms with Crippen molar-refractivity contribution in [1.29, 1.82) is 0 Å². The van der Waals surface area contributed by atoms with E-state index in [1.54, 1.807) is 36.0 Å². The SMILES string of the molecule is CCn1cc2ncc(N[C@@H](C)c3cccc(NC(=O)c4ccc(C)c(F)c4)c3)nc2n1. The number of rotatable bonds is 6. The first-order valence-electron chi connectivity index (χ1n) is 10.1. The standard InChI is InChI=1S/C23H23FN6O/c1-4-30-13-20-22(29-30)28-21(12-25-20)26-15(3)16-6-5-7-18(10-16)27-23(31)17-9-8-14(2)19(24)11-17/h5-13,15H,4H2,1-3H3,(H,27,31)(H,26,28,29)/t15-/m0/s1. The molecule has 0 fully saturated rings. The van der Waals surface area contributed by atoms with Gasteiger partial charge in [0.05, 0.1) is 18.4 Å². The second-order valence-electron chi connectivity index (χ2n) is 7.36. The molecule has 2 aromatic carbocycles. The van der Waals surface area contributed by atoms with Gasteiger partial charge in [-0.15, -0.1) is 0 Å². The maximum atomic E-state index is 13.8. The third-order valence-electron chi connectivity index (χ3n) is 5.04. The van der Waals surface area contributed by atoms with Crippen LogP contribution in [-0.2, 0) is 6.54 Å². The number of aromatic nitrogens is 4. The molecule has 0 radical (unpaired) electrons. The number of carbonyl (C=O) groups excluding carboxylic acids is 1. The van der Waals surface area contributed by atoms with Crippen molar-refractivity contribution < 1.29 is 9.18 Å². The van der Waals surface area contributed by atoms with Gasteiger partial charge in [-0.3, -0.25) is 9.48 Å². The van der Waals surface area contributed by atoms with Crippen molar-refractivity contribution in [2.75, 3.05) is 10.6 Å². The van der Waals surface area contributed by atoms with Crippen molar-refractivity contribution in [3.05, 3.63) is 77.4 Å². The number of anilines is 2. The van der Waals surface area contributed by atoms with Crippen LogP contribution in [0.3, 0.4) is 0 Å². The number of hydrogen-bond acceptors (Lipinski definition) is 5. The van der Waals surface area contributed by atoms with Crippen LogP contribution in [0.2, 0.25) is 0 Å². The Labute approximate surface area is 179 Å². The summed E-state index contributed by atoms with van der Waals surface area (Å²) in [6, 6.07) is 11.8. The Hall–Kier alpha value is -3.81. The fraction of sp³-hybridized carbons (Fsp3) is 0.217. The molecule has 0 aliphatic carbocycles. The summed E-state index contributed by atoms with van der Waals surface area (Å²) in [5.41, 5.74) is 3.69. The van der Waals surface area contributed by atoms with Crippen molar-refractivity contribution in [1.82, 2.24) is 19.7 Å². The van der Waals surface area contributed by atoms with E-state index >= 15 is 0 Å². The molecule has 8 heteroatoms. The van der Waals surface area contributed by atoms with Crippen molar-refractivity contribution in [3.8, 4) is 0 Å². The Morgan fingerprint density at radius 3 is 2.84 bits per heavy atom. The zero-order valence-electron chi connectivity index (χ0n) is 17.6. The van der Waals surface area contributed by atoms with Gasteiger partial charge in [0.25, 0.3) is 5.91 Å². The molecule has 0 saturated carbocycles. The molecule has 1 amide bonds. The first-order valence-corrected chi connectivity index (χ1v) is 10.1. The summed E-state index contributed by atoms with van der Waals surface area (Å²) in [5, 5.41) is 10.5. The second-order valence-corrected chi connectivity index (χ2v) is 7.36. The quantitative estimate of drug-likeness (QED) is 0.473. The molecule has 158 valence electrons. The summed E-state index contributed by atoms with van der Waals surface area (Å²) in [4.78, 5) is 21.4. The predicted octanol–water partition coefficient (Wildman–Crippen LogP) is 4.72. The lowest BCUT2D eigenvalue weighted by Crippen LogP contribution is -2.13. The van der Waals surface area contributed by atoms with Gasteiger partial charge in [0.15, 0.2) is 0 Å². The van der Waals surface area contributed by atoms with E-state index in [0.717, 1.165) is 17.6 Å². The largest absolute Gasteiger partial charge is 0.362 e. The Morgan fingerprint density at radius 1 is 1.23 bits per heavy atom. The maximum Gasteiger partial charge on any atom is 0.255 e. The van der Waals surface area contributed by atoms with Gasteiger partial charge in [-0.1, -0.05) is 18.2 Å². The lowest BCUT2D eigenvalue weighted by Gasteiger charge is -2.16. The fourth-order valence-corrected chi connectivity index (χ4v) is 3.20. The molecule has 31 heavy (non-hydrogen) atoms. The van der Waals surface area contributed by atoms with E-state index in [9.17, 15) is 9.18 Å². The molecule has 0 unspecified atom stereocenters. The molecule has 4 aromatic rings. The molecule has 7 nitrogen and oxygen atoms in total. The third kappa shape index (κ3) is 4.53. The van der Waals surface area contributed by atoms with Crippen molar-refractivity contribution in [2.45, 2.75) is 33.4 Å². The van der Waals surface area contributed by atoms with Crippen LogP contribution in [0.4, 0.5) is 15.9 Å². The highest BCUT2D eigenvalue weighted by atomic mass is 19.1. The minimum atomic E-state index is -0.402. The second kappa shape index (κ2) is 8.51. The molecule has 0 saturated heterocycles. The lowest BCUT2D eigenvalue weighted by atomic mass is 10.1. The number of nitrogens with zero attached hydrogens (tertiary/aromatic N) is 4. The van der Waals surface area contributed by atoms with E-state index in [1.165, 1.54) is 6.07 Å². The molecule has 1 atom stereocenters. The van der Waals surface area contributed by atoms with E-state index in [4.69, 9.17) is 0 Å². The van der Waals surface area contributed by atoms with Gasteiger partial charge in [-0.05, 0) is 56.2 Å². The Morgan fingerprint density at radius 2 is 2.06 bits per heavy atom. The van der Waals surface area contributed by atoms with Gasteiger partial charge in [-0.25, -0.2) is 14.4 Å². The van der Waals surface area contributed by atoms with Crippen molar-refractivity contribution in [2.24, 2.45) is 0 Å². The van der Waals surface area contributed by atoms with E-state index in [-0.39, 0.29) is 17.5 Å². The van der Waals surface area contributed by atoms with Crippen molar-refractivity contribution >= 4 is 28.6 Å². The van der Waals surface area contributed by atoms with Crippen LogP contribution < -0.4 is 10.6 Å². The van der Waals surface area contributed by atoms with Gasteiger partial charge >= 0.3 is 0 Å². The summed E-state index contributed by atoms with van der Waals surface area (Å²) >= 11 is 0. The Balaban J connectivity index is 1.48. The molecule has 2 heterocycles. The van der Waals surface area contributed by atoms with Crippen LogP contribution in [0.15, 0.2) is 54.9 Å². The monoisotopic (exact) mass is 418 g/mol. The van der Waals surface area contributed by atoms with Crippen LogP contribution in [0, 0.1) is 12.7 Å². The number of fused-ring (bicyclic) bond motifs is 1. The smallest absolute Gasteiger partial charge is 0.255 e.